The minimum absolute atomic E-state index is 0. The molecule has 0 aromatic heterocycles. The summed E-state index contributed by atoms with van der Waals surface area (Å²) in [4.78, 5) is 22.9. The number of carbonyl (C=O) groups excluding carboxylic acids is 2. The first kappa shape index (κ1) is 19.1. The lowest BCUT2D eigenvalue weighted by Gasteiger charge is -2.13. The van der Waals surface area contributed by atoms with E-state index in [2.05, 4.69) is 10.6 Å². The van der Waals surface area contributed by atoms with Crippen LogP contribution in [0, 0.1) is 0 Å². The third kappa shape index (κ3) is 5.61. The molecule has 1 aliphatic rings. The summed E-state index contributed by atoms with van der Waals surface area (Å²) in [5, 5.41) is 6.21. The number of nitrogens with two attached hydrogens (primary N) is 1. The predicted molar refractivity (Wildman–Crippen MR) is 88.3 cm³/mol. The maximum atomic E-state index is 12.1. The van der Waals surface area contributed by atoms with Crippen LogP contribution in [-0.2, 0) is 4.79 Å². The lowest BCUT2D eigenvalue weighted by Crippen LogP contribution is -2.37. The van der Waals surface area contributed by atoms with Crippen LogP contribution in [0.5, 0.6) is 11.5 Å². The summed E-state index contributed by atoms with van der Waals surface area (Å²) in [5.74, 6) is 0.00425. The summed E-state index contributed by atoms with van der Waals surface area (Å²) in [7, 11) is 1.47. The molecule has 0 saturated carbocycles. The molecule has 1 unspecified atom stereocenters. The van der Waals surface area contributed by atoms with Gasteiger partial charge in [-0.15, -0.1) is 12.4 Å². The van der Waals surface area contributed by atoms with E-state index in [1.165, 1.54) is 7.11 Å². The molecule has 1 fully saturated rings. The SMILES string of the molecule is COc1cc(C(=O)NCC2CCCN2)ccc1OCC(N)=O.Cl. The number of benzene rings is 1. The second-order valence-electron chi connectivity index (χ2n) is 5.12. The van der Waals surface area contributed by atoms with E-state index in [1.807, 2.05) is 0 Å². The lowest BCUT2D eigenvalue weighted by atomic mass is 10.1. The Kier molecular flexibility index (Phi) is 7.64. The average Bonchev–Trinajstić information content (AvgIpc) is 3.03. The van der Waals surface area contributed by atoms with Gasteiger partial charge < -0.3 is 25.8 Å². The van der Waals surface area contributed by atoms with Gasteiger partial charge in [-0.1, -0.05) is 0 Å². The number of amides is 2. The van der Waals surface area contributed by atoms with Crippen molar-refractivity contribution in [2.24, 2.45) is 5.73 Å². The largest absolute Gasteiger partial charge is 0.493 e. The quantitative estimate of drug-likeness (QED) is 0.667. The Morgan fingerprint density at radius 1 is 1.39 bits per heavy atom. The first-order valence-electron chi connectivity index (χ1n) is 7.21. The molecule has 1 aliphatic heterocycles. The van der Waals surface area contributed by atoms with E-state index >= 15 is 0 Å². The standard InChI is InChI=1S/C15H21N3O4.ClH/c1-21-13-7-10(4-5-12(13)22-9-14(16)19)15(20)18-8-11-3-2-6-17-11;/h4-5,7,11,17H,2-3,6,8-9H2,1H3,(H2,16,19)(H,18,20);1H. The predicted octanol–water partition coefficient (Wildman–Crippen LogP) is 0.463. The number of methoxy groups -OCH3 is 1. The summed E-state index contributed by atoms with van der Waals surface area (Å²) in [6.07, 6.45) is 2.21. The smallest absolute Gasteiger partial charge is 0.255 e. The Bertz CT molecular complexity index is 548. The van der Waals surface area contributed by atoms with Crippen molar-refractivity contribution in [1.82, 2.24) is 10.6 Å². The highest BCUT2D eigenvalue weighted by molar-refractivity contribution is 5.94. The minimum Gasteiger partial charge on any atom is -0.493 e. The molecule has 23 heavy (non-hydrogen) atoms. The maximum Gasteiger partial charge on any atom is 0.255 e. The lowest BCUT2D eigenvalue weighted by molar-refractivity contribution is -0.119. The molecule has 0 spiro atoms. The van der Waals surface area contributed by atoms with Crippen molar-refractivity contribution in [1.29, 1.82) is 0 Å². The van der Waals surface area contributed by atoms with Crippen molar-refractivity contribution >= 4 is 24.2 Å². The first-order valence-corrected chi connectivity index (χ1v) is 7.21. The van der Waals surface area contributed by atoms with Crippen LogP contribution in [-0.4, -0.2) is 44.7 Å². The van der Waals surface area contributed by atoms with Crippen LogP contribution in [0.25, 0.3) is 0 Å². The molecule has 0 aliphatic carbocycles. The van der Waals surface area contributed by atoms with Crippen molar-refractivity contribution in [2.75, 3.05) is 26.8 Å². The normalized spacial score (nSPS) is 16.3. The molecule has 1 heterocycles. The highest BCUT2D eigenvalue weighted by atomic mass is 35.5. The second-order valence-corrected chi connectivity index (χ2v) is 5.12. The molecule has 4 N–H and O–H groups in total. The molecule has 7 nitrogen and oxygen atoms in total. The van der Waals surface area contributed by atoms with E-state index < -0.39 is 5.91 Å². The topological polar surface area (TPSA) is 103 Å². The minimum atomic E-state index is -0.576. The third-order valence-electron chi connectivity index (χ3n) is 3.47. The van der Waals surface area contributed by atoms with Crippen molar-refractivity contribution in [2.45, 2.75) is 18.9 Å². The van der Waals surface area contributed by atoms with Gasteiger partial charge in [0.2, 0.25) is 0 Å². The fourth-order valence-corrected chi connectivity index (χ4v) is 2.33. The van der Waals surface area contributed by atoms with Gasteiger partial charge in [0.25, 0.3) is 11.8 Å². The Labute approximate surface area is 141 Å². The van der Waals surface area contributed by atoms with E-state index in [0.29, 0.717) is 29.6 Å². The molecule has 2 amide bonds. The first-order chi connectivity index (χ1) is 10.6. The van der Waals surface area contributed by atoms with Crippen LogP contribution in [0.2, 0.25) is 0 Å². The van der Waals surface area contributed by atoms with Crippen LogP contribution in [0.3, 0.4) is 0 Å². The van der Waals surface area contributed by atoms with E-state index in [4.69, 9.17) is 15.2 Å². The molecular weight excluding hydrogens is 322 g/mol. The average molecular weight is 344 g/mol. The van der Waals surface area contributed by atoms with E-state index in [0.717, 1.165) is 19.4 Å². The Hall–Kier alpha value is -1.99. The molecule has 1 aromatic rings. The third-order valence-corrected chi connectivity index (χ3v) is 3.47. The van der Waals surface area contributed by atoms with Crippen molar-refractivity contribution in [3.05, 3.63) is 23.8 Å². The number of halogens is 1. The van der Waals surface area contributed by atoms with Gasteiger partial charge in [-0.25, -0.2) is 0 Å². The Balaban J connectivity index is 0.00000264. The Morgan fingerprint density at radius 3 is 2.78 bits per heavy atom. The summed E-state index contributed by atoms with van der Waals surface area (Å²) in [6, 6.07) is 5.12. The molecule has 1 aromatic carbocycles. The van der Waals surface area contributed by atoms with Gasteiger partial charge in [-0.05, 0) is 37.6 Å². The molecule has 128 valence electrons. The molecular formula is C15H22ClN3O4. The maximum absolute atomic E-state index is 12.1. The van der Waals surface area contributed by atoms with Crippen LogP contribution in [0.4, 0.5) is 0 Å². The highest BCUT2D eigenvalue weighted by Gasteiger charge is 2.16. The van der Waals surface area contributed by atoms with E-state index in [9.17, 15) is 9.59 Å². The zero-order valence-electron chi connectivity index (χ0n) is 13.0. The molecule has 1 atom stereocenters. The van der Waals surface area contributed by atoms with Crippen molar-refractivity contribution in [3.8, 4) is 11.5 Å². The van der Waals surface area contributed by atoms with Gasteiger partial charge in [0, 0.05) is 18.2 Å². The number of ether oxygens (including phenoxy) is 2. The highest BCUT2D eigenvalue weighted by Crippen LogP contribution is 2.28. The van der Waals surface area contributed by atoms with Gasteiger partial charge in [0.15, 0.2) is 18.1 Å². The molecule has 0 radical (unpaired) electrons. The molecule has 2 rings (SSSR count). The fraction of sp³-hybridized carbons (Fsp3) is 0.467. The zero-order chi connectivity index (χ0) is 15.9. The Morgan fingerprint density at radius 2 is 2.17 bits per heavy atom. The van der Waals surface area contributed by atoms with Crippen LogP contribution in [0.1, 0.15) is 23.2 Å². The van der Waals surface area contributed by atoms with Crippen LogP contribution < -0.4 is 25.8 Å². The summed E-state index contributed by atoms with van der Waals surface area (Å²) >= 11 is 0. The van der Waals surface area contributed by atoms with Gasteiger partial charge >= 0.3 is 0 Å². The summed E-state index contributed by atoms with van der Waals surface area (Å²) in [6.45, 7) is 1.36. The van der Waals surface area contributed by atoms with Crippen molar-refractivity contribution < 1.29 is 19.1 Å². The van der Waals surface area contributed by atoms with Crippen LogP contribution in [0.15, 0.2) is 18.2 Å². The van der Waals surface area contributed by atoms with Gasteiger partial charge in [-0.3, -0.25) is 9.59 Å². The monoisotopic (exact) mass is 343 g/mol. The number of hydrogen-bond acceptors (Lipinski definition) is 5. The number of hydrogen-bond donors (Lipinski definition) is 3. The molecule has 0 bridgehead atoms. The second kappa shape index (κ2) is 9.22. The number of primary amides is 1. The number of nitrogens with one attached hydrogen (secondary N) is 2. The van der Waals surface area contributed by atoms with Gasteiger partial charge in [0.1, 0.15) is 0 Å². The van der Waals surface area contributed by atoms with Gasteiger partial charge in [-0.2, -0.15) is 0 Å². The zero-order valence-corrected chi connectivity index (χ0v) is 13.8. The van der Waals surface area contributed by atoms with E-state index in [1.54, 1.807) is 18.2 Å². The fourth-order valence-electron chi connectivity index (χ4n) is 2.33. The van der Waals surface area contributed by atoms with Crippen molar-refractivity contribution in [3.63, 3.8) is 0 Å². The van der Waals surface area contributed by atoms with Crippen LogP contribution >= 0.6 is 12.4 Å². The molecule has 8 heteroatoms. The van der Waals surface area contributed by atoms with Gasteiger partial charge in [0.05, 0.1) is 7.11 Å². The summed E-state index contributed by atoms with van der Waals surface area (Å²) in [5.41, 5.74) is 5.51. The number of rotatable bonds is 7. The summed E-state index contributed by atoms with van der Waals surface area (Å²) < 4.78 is 10.4. The van der Waals surface area contributed by atoms with E-state index in [-0.39, 0.29) is 24.9 Å². The number of carbonyl (C=O) groups is 2. The molecule has 1 saturated heterocycles.